The summed E-state index contributed by atoms with van der Waals surface area (Å²) in [5, 5.41) is 0. The first-order chi connectivity index (χ1) is 10.3. The highest BCUT2D eigenvalue weighted by Crippen LogP contribution is 2.26. The highest BCUT2D eigenvalue weighted by atomic mass is 32.2. The number of benzene rings is 1. The van der Waals surface area contributed by atoms with Gasteiger partial charge < -0.3 is 4.74 Å². The number of rotatable bonds is 5. The number of hydrogen-bond acceptors (Lipinski definition) is 4. The third kappa shape index (κ3) is 3.45. The van der Waals surface area contributed by atoms with E-state index in [9.17, 15) is 8.42 Å². The molecule has 5 nitrogen and oxygen atoms in total. The molecule has 1 heterocycles. The van der Waals surface area contributed by atoms with E-state index in [4.69, 9.17) is 4.74 Å². The van der Waals surface area contributed by atoms with Gasteiger partial charge in [0.25, 0.3) is 0 Å². The standard InChI is InChI=1S/C16H20N2O3S/c1-11-9-16(12(2)8-15(11)21-4)22(19,20)18-13(3)14-6-5-7-17-10-14/h5-10,13,18H,1-4H3. The fraction of sp³-hybridized carbons (Fsp3) is 0.312. The molecule has 0 fully saturated rings. The van der Waals surface area contributed by atoms with Gasteiger partial charge in [0.1, 0.15) is 5.75 Å². The average molecular weight is 320 g/mol. The zero-order valence-electron chi connectivity index (χ0n) is 13.1. The van der Waals surface area contributed by atoms with E-state index >= 15 is 0 Å². The van der Waals surface area contributed by atoms with E-state index in [-0.39, 0.29) is 10.9 Å². The van der Waals surface area contributed by atoms with Crippen LogP contribution in [0.5, 0.6) is 5.75 Å². The molecule has 0 aliphatic heterocycles. The summed E-state index contributed by atoms with van der Waals surface area (Å²) in [7, 11) is -2.05. The highest BCUT2D eigenvalue weighted by molar-refractivity contribution is 7.89. The summed E-state index contributed by atoms with van der Waals surface area (Å²) in [4.78, 5) is 4.28. The lowest BCUT2D eigenvalue weighted by atomic mass is 10.1. The van der Waals surface area contributed by atoms with E-state index in [1.165, 1.54) is 0 Å². The monoisotopic (exact) mass is 320 g/mol. The minimum Gasteiger partial charge on any atom is -0.496 e. The Morgan fingerprint density at radius 3 is 2.55 bits per heavy atom. The Morgan fingerprint density at radius 1 is 1.23 bits per heavy atom. The van der Waals surface area contributed by atoms with Gasteiger partial charge in [0.2, 0.25) is 10.0 Å². The van der Waals surface area contributed by atoms with Crippen molar-refractivity contribution < 1.29 is 13.2 Å². The first kappa shape index (κ1) is 16.5. The van der Waals surface area contributed by atoms with E-state index < -0.39 is 10.0 Å². The number of nitrogens with zero attached hydrogens (tertiary/aromatic N) is 1. The third-order valence-electron chi connectivity index (χ3n) is 3.50. The zero-order chi connectivity index (χ0) is 16.3. The zero-order valence-corrected chi connectivity index (χ0v) is 13.9. The van der Waals surface area contributed by atoms with Gasteiger partial charge in [-0.2, -0.15) is 0 Å². The maximum absolute atomic E-state index is 12.6. The summed E-state index contributed by atoms with van der Waals surface area (Å²) in [5.41, 5.74) is 2.24. The van der Waals surface area contributed by atoms with Crippen LogP contribution in [0.1, 0.15) is 29.7 Å². The van der Waals surface area contributed by atoms with E-state index in [0.717, 1.165) is 11.1 Å². The highest BCUT2D eigenvalue weighted by Gasteiger charge is 2.21. The normalized spacial score (nSPS) is 12.9. The van der Waals surface area contributed by atoms with Gasteiger partial charge in [-0.3, -0.25) is 4.98 Å². The number of nitrogens with one attached hydrogen (secondary N) is 1. The van der Waals surface area contributed by atoms with Crippen molar-refractivity contribution in [3.05, 3.63) is 53.3 Å². The quantitative estimate of drug-likeness (QED) is 0.920. The molecule has 6 heteroatoms. The molecule has 2 aromatic rings. The minimum absolute atomic E-state index is 0.265. The molecule has 1 aromatic heterocycles. The average Bonchev–Trinajstić information content (AvgIpc) is 2.49. The van der Waals surface area contributed by atoms with Crippen molar-refractivity contribution >= 4 is 10.0 Å². The molecule has 0 aliphatic carbocycles. The van der Waals surface area contributed by atoms with Crippen molar-refractivity contribution in [2.45, 2.75) is 31.7 Å². The molecule has 0 saturated carbocycles. The van der Waals surface area contributed by atoms with Gasteiger partial charge in [0.15, 0.2) is 0 Å². The van der Waals surface area contributed by atoms with E-state index in [1.807, 2.05) is 13.0 Å². The molecule has 22 heavy (non-hydrogen) atoms. The fourth-order valence-electron chi connectivity index (χ4n) is 2.27. The third-order valence-corrected chi connectivity index (χ3v) is 5.18. The Morgan fingerprint density at radius 2 is 1.95 bits per heavy atom. The number of methoxy groups -OCH3 is 1. The van der Waals surface area contributed by atoms with Crippen LogP contribution in [-0.2, 0) is 10.0 Å². The molecular formula is C16H20N2O3S. The lowest BCUT2D eigenvalue weighted by molar-refractivity contribution is 0.411. The largest absolute Gasteiger partial charge is 0.496 e. The van der Waals surface area contributed by atoms with Crippen LogP contribution in [0.3, 0.4) is 0 Å². The summed E-state index contributed by atoms with van der Waals surface area (Å²) < 4.78 is 33.1. The van der Waals surface area contributed by atoms with Crippen molar-refractivity contribution in [3.63, 3.8) is 0 Å². The molecule has 1 N–H and O–H groups in total. The van der Waals surface area contributed by atoms with Crippen LogP contribution >= 0.6 is 0 Å². The van der Waals surface area contributed by atoms with Gasteiger partial charge in [0.05, 0.1) is 12.0 Å². The molecular weight excluding hydrogens is 300 g/mol. The summed E-state index contributed by atoms with van der Waals surface area (Å²) in [5.74, 6) is 0.678. The Kier molecular flexibility index (Phi) is 4.83. The first-order valence-electron chi connectivity index (χ1n) is 6.92. The first-order valence-corrected chi connectivity index (χ1v) is 8.41. The van der Waals surface area contributed by atoms with Crippen LogP contribution in [0.15, 0.2) is 41.6 Å². The van der Waals surface area contributed by atoms with Gasteiger partial charge in [-0.05, 0) is 55.7 Å². The summed E-state index contributed by atoms with van der Waals surface area (Å²) in [6.07, 6.45) is 3.31. The Balaban J connectivity index is 2.33. The molecule has 1 aromatic carbocycles. The molecule has 118 valence electrons. The summed E-state index contributed by atoms with van der Waals surface area (Å²) in [6, 6.07) is 6.63. The van der Waals surface area contributed by atoms with E-state index in [0.29, 0.717) is 11.3 Å². The number of pyridine rings is 1. The van der Waals surface area contributed by atoms with Gasteiger partial charge in [-0.1, -0.05) is 6.07 Å². The second-order valence-corrected chi connectivity index (χ2v) is 6.90. The molecule has 0 radical (unpaired) electrons. The van der Waals surface area contributed by atoms with Gasteiger partial charge in [-0.25, -0.2) is 13.1 Å². The molecule has 0 amide bonds. The van der Waals surface area contributed by atoms with Crippen molar-refractivity contribution in [1.29, 1.82) is 0 Å². The molecule has 2 rings (SSSR count). The number of hydrogen-bond donors (Lipinski definition) is 1. The van der Waals surface area contributed by atoms with Crippen LogP contribution < -0.4 is 9.46 Å². The molecule has 0 bridgehead atoms. The van der Waals surface area contributed by atoms with Crippen LogP contribution in [0, 0.1) is 13.8 Å². The van der Waals surface area contributed by atoms with Gasteiger partial charge in [-0.15, -0.1) is 0 Å². The second kappa shape index (κ2) is 6.46. The van der Waals surface area contributed by atoms with Crippen LogP contribution in [0.2, 0.25) is 0 Å². The molecule has 0 spiro atoms. The van der Waals surface area contributed by atoms with Crippen molar-refractivity contribution in [1.82, 2.24) is 9.71 Å². The Hall–Kier alpha value is -1.92. The van der Waals surface area contributed by atoms with Crippen molar-refractivity contribution in [2.24, 2.45) is 0 Å². The molecule has 0 saturated heterocycles. The summed E-state index contributed by atoms with van der Waals surface area (Å²) >= 11 is 0. The predicted molar refractivity (Wildman–Crippen MR) is 85.4 cm³/mol. The van der Waals surface area contributed by atoms with E-state index in [2.05, 4.69) is 9.71 Å². The van der Waals surface area contributed by atoms with Crippen LogP contribution in [0.4, 0.5) is 0 Å². The maximum Gasteiger partial charge on any atom is 0.241 e. The predicted octanol–water partition coefficient (Wildman–Crippen LogP) is 2.75. The Labute approximate surface area is 131 Å². The number of sulfonamides is 1. The SMILES string of the molecule is COc1cc(C)c(S(=O)(=O)NC(C)c2cccnc2)cc1C. The van der Waals surface area contributed by atoms with Crippen molar-refractivity contribution in [3.8, 4) is 5.75 Å². The molecule has 1 atom stereocenters. The van der Waals surface area contributed by atoms with Crippen molar-refractivity contribution in [2.75, 3.05) is 7.11 Å². The number of aryl methyl sites for hydroxylation is 2. The number of ether oxygens (including phenoxy) is 1. The molecule has 0 aliphatic rings. The Bertz CT molecular complexity index is 758. The van der Waals surface area contributed by atoms with E-state index in [1.54, 1.807) is 51.6 Å². The lowest BCUT2D eigenvalue weighted by Gasteiger charge is -2.17. The number of aromatic nitrogens is 1. The fourth-order valence-corrected chi connectivity index (χ4v) is 3.81. The lowest BCUT2D eigenvalue weighted by Crippen LogP contribution is -2.27. The minimum atomic E-state index is -3.62. The van der Waals surface area contributed by atoms with Crippen LogP contribution in [-0.4, -0.2) is 20.5 Å². The topological polar surface area (TPSA) is 68.3 Å². The maximum atomic E-state index is 12.6. The second-order valence-electron chi connectivity index (χ2n) is 5.22. The summed E-state index contributed by atoms with van der Waals surface area (Å²) in [6.45, 7) is 5.37. The van der Waals surface area contributed by atoms with Crippen LogP contribution in [0.25, 0.3) is 0 Å². The van der Waals surface area contributed by atoms with Gasteiger partial charge in [0, 0.05) is 18.4 Å². The van der Waals surface area contributed by atoms with Gasteiger partial charge >= 0.3 is 0 Å². The molecule has 1 unspecified atom stereocenters. The smallest absolute Gasteiger partial charge is 0.241 e.